The highest BCUT2D eigenvalue weighted by Gasteiger charge is 2.30. The molecule has 1 aromatic heterocycles. The number of guanidine groups is 1. The molecule has 1 fully saturated rings. The van der Waals surface area contributed by atoms with Gasteiger partial charge in [-0.15, -0.1) is 0 Å². The number of aliphatic imine (C=N–C) groups is 1. The van der Waals surface area contributed by atoms with E-state index in [-0.39, 0.29) is 0 Å². The Labute approximate surface area is 121 Å². The Morgan fingerprint density at radius 3 is 2.80 bits per heavy atom. The van der Waals surface area contributed by atoms with E-state index >= 15 is 0 Å². The van der Waals surface area contributed by atoms with Crippen molar-refractivity contribution in [3.8, 4) is 0 Å². The summed E-state index contributed by atoms with van der Waals surface area (Å²) in [6, 6.07) is 2.01. The van der Waals surface area contributed by atoms with Crippen LogP contribution >= 0.6 is 0 Å². The third-order valence-electron chi connectivity index (χ3n) is 3.78. The fourth-order valence-corrected chi connectivity index (χ4v) is 2.48. The number of rotatable bonds is 3. The van der Waals surface area contributed by atoms with Crippen molar-refractivity contribution in [2.45, 2.75) is 46.6 Å². The zero-order valence-electron chi connectivity index (χ0n) is 13.2. The number of aromatic nitrogens is 1. The summed E-state index contributed by atoms with van der Waals surface area (Å²) in [4.78, 5) is 6.67. The lowest BCUT2D eigenvalue weighted by Gasteiger charge is -2.23. The van der Waals surface area contributed by atoms with E-state index in [0.29, 0.717) is 17.9 Å². The highest BCUT2D eigenvalue weighted by Crippen LogP contribution is 2.28. The highest BCUT2D eigenvalue weighted by molar-refractivity contribution is 5.80. The lowest BCUT2D eigenvalue weighted by atomic mass is 9.93. The SMILES string of the molecule is CN=C(NCc1cc(C(C)C)no1)N1CCC(C)(C)C1. The van der Waals surface area contributed by atoms with Gasteiger partial charge < -0.3 is 14.7 Å². The van der Waals surface area contributed by atoms with Crippen LogP contribution in [0.2, 0.25) is 0 Å². The van der Waals surface area contributed by atoms with E-state index in [1.807, 2.05) is 13.1 Å². The second-order valence-corrected chi connectivity index (χ2v) is 6.61. The van der Waals surface area contributed by atoms with Gasteiger partial charge in [-0.2, -0.15) is 0 Å². The van der Waals surface area contributed by atoms with Crippen molar-refractivity contribution in [3.63, 3.8) is 0 Å². The summed E-state index contributed by atoms with van der Waals surface area (Å²) in [6.07, 6.45) is 1.20. The van der Waals surface area contributed by atoms with E-state index in [1.165, 1.54) is 6.42 Å². The van der Waals surface area contributed by atoms with Crippen LogP contribution in [-0.4, -0.2) is 36.2 Å². The number of hydrogen-bond donors (Lipinski definition) is 1. The van der Waals surface area contributed by atoms with E-state index in [4.69, 9.17) is 4.52 Å². The molecule has 1 saturated heterocycles. The van der Waals surface area contributed by atoms with Crippen molar-refractivity contribution >= 4 is 5.96 Å². The average molecular weight is 278 g/mol. The minimum atomic E-state index is 0.370. The molecule has 0 amide bonds. The molecule has 1 N–H and O–H groups in total. The van der Waals surface area contributed by atoms with E-state index < -0.39 is 0 Å². The minimum Gasteiger partial charge on any atom is -0.359 e. The molecule has 112 valence electrons. The minimum absolute atomic E-state index is 0.370. The van der Waals surface area contributed by atoms with E-state index in [0.717, 1.165) is 30.5 Å². The van der Waals surface area contributed by atoms with Crippen molar-refractivity contribution in [2.75, 3.05) is 20.1 Å². The lowest BCUT2D eigenvalue weighted by molar-refractivity contribution is 0.359. The standard InChI is InChI=1S/C15H26N4O/c1-11(2)13-8-12(20-18-13)9-17-14(16-5)19-7-6-15(3,4)10-19/h8,11H,6-7,9-10H2,1-5H3,(H,16,17). The average Bonchev–Trinajstić information content (AvgIpc) is 2.97. The smallest absolute Gasteiger partial charge is 0.194 e. The molecule has 0 unspecified atom stereocenters. The van der Waals surface area contributed by atoms with Crippen LogP contribution in [0.4, 0.5) is 0 Å². The van der Waals surface area contributed by atoms with Gasteiger partial charge in [-0.3, -0.25) is 4.99 Å². The lowest BCUT2D eigenvalue weighted by Crippen LogP contribution is -2.40. The first-order chi connectivity index (χ1) is 9.41. The Morgan fingerprint density at radius 1 is 1.55 bits per heavy atom. The molecule has 20 heavy (non-hydrogen) atoms. The third-order valence-corrected chi connectivity index (χ3v) is 3.78. The summed E-state index contributed by atoms with van der Waals surface area (Å²) in [5, 5.41) is 7.43. The maximum atomic E-state index is 5.34. The molecule has 5 nitrogen and oxygen atoms in total. The van der Waals surface area contributed by atoms with Gasteiger partial charge >= 0.3 is 0 Å². The molecule has 2 rings (SSSR count). The highest BCUT2D eigenvalue weighted by atomic mass is 16.5. The molecule has 0 spiro atoms. The van der Waals surface area contributed by atoms with Crippen LogP contribution < -0.4 is 5.32 Å². The van der Waals surface area contributed by atoms with Gasteiger partial charge in [0.1, 0.15) is 0 Å². The maximum absolute atomic E-state index is 5.34. The second kappa shape index (κ2) is 5.85. The van der Waals surface area contributed by atoms with Crippen molar-refractivity contribution < 1.29 is 4.52 Å². The Bertz CT molecular complexity index is 476. The Hall–Kier alpha value is -1.52. The van der Waals surface area contributed by atoms with Crippen LogP contribution in [0.3, 0.4) is 0 Å². The fraction of sp³-hybridized carbons (Fsp3) is 0.733. The Morgan fingerprint density at radius 2 is 2.30 bits per heavy atom. The monoisotopic (exact) mass is 278 g/mol. The predicted octanol–water partition coefficient (Wildman–Crippen LogP) is 2.61. The maximum Gasteiger partial charge on any atom is 0.194 e. The van der Waals surface area contributed by atoms with Crippen molar-refractivity contribution in [1.29, 1.82) is 0 Å². The van der Waals surface area contributed by atoms with Crippen molar-refractivity contribution in [2.24, 2.45) is 10.4 Å². The van der Waals surface area contributed by atoms with Crippen molar-refractivity contribution in [1.82, 2.24) is 15.4 Å². The van der Waals surface area contributed by atoms with Gasteiger partial charge in [-0.05, 0) is 17.8 Å². The summed E-state index contributed by atoms with van der Waals surface area (Å²) in [6.45, 7) is 11.5. The summed E-state index contributed by atoms with van der Waals surface area (Å²) in [5.74, 6) is 2.19. The predicted molar refractivity (Wildman–Crippen MR) is 80.8 cm³/mol. The number of nitrogens with one attached hydrogen (secondary N) is 1. The molecule has 1 aromatic rings. The van der Waals surface area contributed by atoms with Crippen LogP contribution in [0.5, 0.6) is 0 Å². The quantitative estimate of drug-likeness (QED) is 0.682. The molecular formula is C15H26N4O. The van der Waals surface area contributed by atoms with Crippen LogP contribution in [0.15, 0.2) is 15.6 Å². The zero-order chi connectivity index (χ0) is 14.8. The van der Waals surface area contributed by atoms with Gasteiger partial charge in [-0.1, -0.05) is 32.9 Å². The molecule has 0 radical (unpaired) electrons. The van der Waals surface area contributed by atoms with E-state index in [9.17, 15) is 0 Å². The molecule has 1 aliphatic rings. The van der Waals surface area contributed by atoms with Gasteiger partial charge in [-0.25, -0.2) is 0 Å². The van der Waals surface area contributed by atoms with Gasteiger partial charge in [0.15, 0.2) is 11.7 Å². The first-order valence-electron chi connectivity index (χ1n) is 7.32. The van der Waals surface area contributed by atoms with E-state index in [1.54, 1.807) is 0 Å². The molecule has 0 aliphatic carbocycles. The molecule has 0 saturated carbocycles. The summed E-state index contributed by atoms with van der Waals surface area (Å²) in [7, 11) is 1.83. The fourth-order valence-electron chi connectivity index (χ4n) is 2.48. The third kappa shape index (κ3) is 3.52. The summed E-state index contributed by atoms with van der Waals surface area (Å²) in [5.41, 5.74) is 1.37. The first-order valence-corrected chi connectivity index (χ1v) is 7.32. The Kier molecular flexibility index (Phi) is 4.35. The zero-order valence-corrected chi connectivity index (χ0v) is 13.2. The van der Waals surface area contributed by atoms with Gasteiger partial charge in [0.05, 0.1) is 12.2 Å². The molecule has 0 atom stereocenters. The normalized spacial score (nSPS) is 18.9. The van der Waals surface area contributed by atoms with E-state index in [2.05, 4.69) is 48.1 Å². The molecule has 2 heterocycles. The topological polar surface area (TPSA) is 53.7 Å². The van der Waals surface area contributed by atoms with Gasteiger partial charge in [0, 0.05) is 26.2 Å². The number of likely N-dealkylation sites (tertiary alicyclic amines) is 1. The largest absolute Gasteiger partial charge is 0.359 e. The summed E-state index contributed by atoms with van der Waals surface area (Å²) >= 11 is 0. The molecule has 5 heteroatoms. The Balaban J connectivity index is 1.91. The van der Waals surface area contributed by atoms with Gasteiger partial charge in [0.2, 0.25) is 0 Å². The second-order valence-electron chi connectivity index (χ2n) is 6.61. The number of nitrogens with zero attached hydrogens (tertiary/aromatic N) is 3. The molecular weight excluding hydrogens is 252 g/mol. The van der Waals surface area contributed by atoms with Crippen LogP contribution in [0.25, 0.3) is 0 Å². The van der Waals surface area contributed by atoms with Crippen LogP contribution in [0, 0.1) is 5.41 Å². The summed E-state index contributed by atoms with van der Waals surface area (Å²) < 4.78 is 5.34. The van der Waals surface area contributed by atoms with Crippen LogP contribution in [0.1, 0.15) is 51.5 Å². The molecule has 0 aromatic carbocycles. The first kappa shape index (κ1) is 14.9. The number of hydrogen-bond acceptors (Lipinski definition) is 3. The van der Waals surface area contributed by atoms with Crippen molar-refractivity contribution in [3.05, 3.63) is 17.5 Å². The molecule has 0 bridgehead atoms. The molecule has 1 aliphatic heterocycles. The van der Waals surface area contributed by atoms with Crippen LogP contribution in [-0.2, 0) is 6.54 Å². The van der Waals surface area contributed by atoms with Gasteiger partial charge in [0.25, 0.3) is 0 Å².